The molecule has 4 aromatic rings. The summed E-state index contributed by atoms with van der Waals surface area (Å²) in [5.41, 5.74) is 6.47. The van der Waals surface area contributed by atoms with E-state index < -0.39 is 24.3 Å². The fourth-order valence-electron chi connectivity index (χ4n) is 7.43. The predicted octanol–water partition coefficient (Wildman–Crippen LogP) is 9.58. The van der Waals surface area contributed by atoms with Gasteiger partial charge in [-0.15, -0.1) is 0 Å². The fourth-order valence-corrected chi connectivity index (χ4v) is 7.43. The number of carbonyl (C=O) groups is 4. The molecule has 1 aliphatic rings. The van der Waals surface area contributed by atoms with Gasteiger partial charge in [0, 0.05) is 31.3 Å². The first kappa shape index (κ1) is 41.7. The molecular weight excluding hydrogens is 703 g/mol. The molecule has 4 aromatic carbocycles. The Kier molecular flexibility index (Phi) is 15.7. The molecule has 0 aromatic heterocycles. The van der Waals surface area contributed by atoms with Crippen molar-refractivity contribution in [3.05, 3.63) is 131 Å². The van der Waals surface area contributed by atoms with E-state index in [0.717, 1.165) is 46.2 Å². The maximum absolute atomic E-state index is 14.5. The number of amides is 3. The molecule has 9 heteroatoms. The van der Waals surface area contributed by atoms with Crippen molar-refractivity contribution >= 4 is 23.9 Å². The Morgan fingerprint density at radius 2 is 1.30 bits per heavy atom. The molecule has 296 valence electrons. The summed E-state index contributed by atoms with van der Waals surface area (Å²) in [6, 6.07) is 35.0. The first-order valence-corrected chi connectivity index (χ1v) is 20.1. The minimum atomic E-state index is -0.849. The first-order valence-electron chi connectivity index (χ1n) is 20.1. The van der Waals surface area contributed by atoms with Gasteiger partial charge in [-0.1, -0.05) is 143 Å². The molecule has 0 radical (unpaired) electrons. The highest BCUT2D eigenvalue weighted by molar-refractivity contribution is 5.87. The molecule has 3 atom stereocenters. The van der Waals surface area contributed by atoms with Crippen molar-refractivity contribution in [1.82, 2.24) is 15.5 Å². The van der Waals surface area contributed by atoms with Gasteiger partial charge in [0.2, 0.25) is 5.91 Å². The smallest absolute Gasteiger partial charge is 0.408 e. The van der Waals surface area contributed by atoms with Crippen molar-refractivity contribution < 1.29 is 28.7 Å². The van der Waals surface area contributed by atoms with E-state index in [2.05, 4.69) is 55.7 Å². The minimum absolute atomic E-state index is 0.0112. The van der Waals surface area contributed by atoms with E-state index in [-0.39, 0.29) is 49.6 Å². The van der Waals surface area contributed by atoms with Crippen LogP contribution in [0.5, 0.6) is 0 Å². The second-order valence-electron chi connectivity index (χ2n) is 15.0. The molecule has 0 heterocycles. The van der Waals surface area contributed by atoms with Crippen LogP contribution in [0.25, 0.3) is 11.1 Å². The zero-order valence-electron chi connectivity index (χ0n) is 33.2. The monoisotopic (exact) mass is 759 g/mol. The number of ether oxygens (including phenoxy) is 2. The Morgan fingerprint density at radius 1 is 0.714 bits per heavy atom. The summed E-state index contributed by atoms with van der Waals surface area (Å²) in [4.78, 5) is 55.7. The zero-order chi connectivity index (χ0) is 39.9. The van der Waals surface area contributed by atoms with E-state index in [4.69, 9.17) is 9.47 Å². The molecule has 0 fully saturated rings. The Labute approximate surface area is 332 Å². The van der Waals surface area contributed by atoms with Gasteiger partial charge in [-0.25, -0.2) is 9.59 Å². The average Bonchev–Trinajstić information content (AvgIpc) is 3.54. The molecular formula is C47H57N3O6. The third-order valence-electron chi connectivity index (χ3n) is 10.5. The Bertz CT molecular complexity index is 1840. The largest absolute Gasteiger partial charge is 0.449 e. The van der Waals surface area contributed by atoms with Crippen LogP contribution >= 0.6 is 0 Å². The number of Topliss-reactive ketones (excluding diaryl/α,β-unsaturated/α-hetero) is 1. The van der Waals surface area contributed by atoms with Gasteiger partial charge < -0.3 is 25.0 Å². The molecule has 9 nitrogen and oxygen atoms in total. The lowest BCUT2D eigenvalue weighted by molar-refractivity contribution is -0.134. The third kappa shape index (κ3) is 11.5. The lowest BCUT2D eigenvalue weighted by Crippen LogP contribution is -2.50. The van der Waals surface area contributed by atoms with Crippen molar-refractivity contribution in [1.29, 1.82) is 0 Å². The molecule has 2 N–H and O–H groups in total. The van der Waals surface area contributed by atoms with Gasteiger partial charge in [0.05, 0.1) is 6.54 Å². The summed E-state index contributed by atoms with van der Waals surface area (Å²) in [7, 11) is 0. The maximum atomic E-state index is 14.5. The lowest BCUT2D eigenvalue weighted by atomic mass is 9.95. The van der Waals surface area contributed by atoms with Gasteiger partial charge in [-0.05, 0) is 65.0 Å². The summed E-state index contributed by atoms with van der Waals surface area (Å²) >= 11 is 0. The predicted molar refractivity (Wildman–Crippen MR) is 220 cm³/mol. The number of rotatable bonds is 20. The minimum Gasteiger partial charge on any atom is -0.449 e. The molecule has 0 saturated carbocycles. The molecule has 5 rings (SSSR count). The van der Waals surface area contributed by atoms with Gasteiger partial charge in [0.15, 0.2) is 5.78 Å². The van der Waals surface area contributed by atoms with Crippen LogP contribution in [-0.2, 0) is 19.1 Å². The second-order valence-corrected chi connectivity index (χ2v) is 15.0. The summed E-state index contributed by atoms with van der Waals surface area (Å²) in [5, 5.41) is 5.53. The summed E-state index contributed by atoms with van der Waals surface area (Å²) in [6.07, 6.45) is 1.67. The van der Waals surface area contributed by atoms with Crippen molar-refractivity contribution in [3.8, 4) is 11.1 Å². The van der Waals surface area contributed by atoms with Crippen molar-refractivity contribution in [2.24, 2.45) is 5.92 Å². The van der Waals surface area contributed by atoms with Crippen LogP contribution in [0, 0.1) is 5.92 Å². The Balaban J connectivity index is 1.25. The average molecular weight is 760 g/mol. The zero-order valence-corrected chi connectivity index (χ0v) is 33.2. The quantitative estimate of drug-likeness (QED) is 0.0928. The van der Waals surface area contributed by atoms with Crippen LogP contribution in [0.2, 0.25) is 0 Å². The molecule has 0 spiro atoms. The number of benzene rings is 4. The van der Waals surface area contributed by atoms with Gasteiger partial charge in [-0.2, -0.15) is 0 Å². The van der Waals surface area contributed by atoms with Gasteiger partial charge in [0.25, 0.3) is 0 Å². The Hall–Kier alpha value is -5.44. The van der Waals surface area contributed by atoms with Crippen LogP contribution in [0.3, 0.4) is 0 Å². The van der Waals surface area contributed by atoms with E-state index in [1.54, 1.807) is 4.90 Å². The number of fused-ring (bicyclic) bond motifs is 3. The lowest BCUT2D eigenvalue weighted by Gasteiger charge is -2.31. The Morgan fingerprint density at radius 3 is 1.89 bits per heavy atom. The number of hydrogen-bond donors (Lipinski definition) is 2. The van der Waals surface area contributed by atoms with Crippen LogP contribution < -0.4 is 10.6 Å². The maximum Gasteiger partial charge on any atom is 0.408 e. The highest BCUT2D eigenvalue weighted by atomic mass is 16.6. The highest BCUT2D eigenvalue weighted by Crippen LogP contribution is 2.44. The number of hydrogen-bond acceptors (Lipinski definition) is 6. The van der Waals surface area contributed by atoms with Crippen molar-refractivity contribution in [3.63, 3.8) is 0 Å². The normalized spacial score (nSPS) is 13.5. The SMILES string of the molecule is CCCC(OC(=O)NCC(=O)CCN(C[C@@H](CC)c1ccccc1)C(=O)[C@H](CCC(C)C)NC(=O)OCC1c2ccccc2-c2ccccc21)c1ccccc1. The topological polar surface area (TPSA) is 114 Å². The van der Waals surface area contributed by atoms with Crippen molar-refractivity contribution in [2.75, 3.05) is 26.2 Å². The molecule has 56 heavy (non-hydrogen) atoms. The summed E-state index contributed by atoms with van der Waals surface area (Å²) in [6.45, 7) is 8.66. The number of alkyl carbamates (subject to hydrolysis) is 2. The highest BCUT2D eigenvalue weighted by Gasteiger charge is 2.32. The number of carbonyl (C=O) groups excluding carboxylic acids is 4. The molecule has 3 amide bonds. The second kappa shape index (κ2) is 21.0. The van der Waals surface area contributed by atoms with Crippen LogP contribution in [0.15, 0.2) is 109 Å². The molecule has 1 unspecified atom stereocenters. The standard InChI is InChI=1S/C47H57N3O6/c1-5-17-44(36-20-11-8-12-21-36)56-46(53)48-30-37(51)28-29-50(31-34(6-2)35-18-9-7-10-19-35)45(52)43(27-26-33(3)4)49-47(54)55-32-42-40-24-15-13-22-38(40)39-23-14-16-25-41(39)42/h7-16,18-25,33-34,42-44H,5-6,17,26-32H2,1-4H3,(H,48,53)(H,49,54)/t34-,43+,44?/m1/s1. The molecule has 0 aliphatic heterocycles. The van der Waals surface area contributed by atoms with E-state index in [0.29, 0.717) is 31.7 Å². The third-order valence-corrected chi connectivity index (χ3v) is 10.5. The summed E-state index contributed by atoms with van der Waals surface area (Å²) in [5.74, 6) is -0.307. The van der Waals surface area contributed by atoms with E-state index >= 15 is 0 Å². The first-order chi connectivity index (χ1) is 27.2. The molecule has 0 saturated heterocycles. The summed E-state index contributed by atoms with van der Waals surface area (Å²) < 4.78 is 11.6. The van der Waals surface area contributed by atoms with Crippen molar-refractivity contribution in [2.45, 2.75) is 90.2 Å². The van der Waals surface area contributed by atoms with Gasteiger partial charge in [0.1, 0.15) is 18.8 Å². The van der Waals surface area contributed by atoms with Gasteiger partial charge in [-0.3, -0.25) is 9.59 Å². The van der Waals surface area contributed by atoms with Gasteiger partial charge >= 0.3 is 12.2 Å². The number of ketones is 1. The van der Waals surface area contributed by atoms with E-state index in [1.165, 1.54) is 0 Å². The molecule has 0 bridgehead atoms. The number of nitrogens with zero attached hydrogens (tertiary/aromatic N) is 1. The van der Waals surface area contributed by atoms with Crippen LogP contribution in [0.1, 0.15) is 106 Å². The van der Waals surface area contributed by atoms with E-state index in [1.807, 2.05) is 91.9 Å². The van der Waals surface area contributed by atoms with Crippen LogP contribution in [0.4, 0.5) is 9.59 Å². The number of nitrogens with one attached hydrogen (secondary N) is 2. The van der Waals surface area contributed by atoms with Crippen LogP contribution in [-0.4, -0.2) is 61.1 Å². The van der Waals surface area contributed by atoms with E-state index in [9.17, 15) is 19.2 Å². The fraction of sp³-hybridized carbons (Fsp3) is 0.404. The molecule has 1 aliphatic carbocycles.